The molecule has 1 aliphatic carbocycles. The molecule has 1 saturated heterocycles. The lowest BCUT2D eigenvalue weighted by atomic mass is 9.85. The van der Waals surface area contributed by atoms with E-state index in [1.807, 2.05) is 30.3 Å². The largest absolute Gasteiger partial charge is 0.324 e. The van der Waals surface area contributed by atoms with Crippen LogP contribution in [0.25, 0.3) is 0 Å². The van der Waals surface area contributed by atoms with Crippen LogP contribution < -0.4 is 10.2 Å². The van der Waals surface area contributed by atoms with Gasteiger partial charge in [-0.3, -0.25) is 9.69 Å². The molecule has 2 aromatic rings. The lowest BCUT2D eigenvalue weighted by Crippen LogP contribution is -2.49. The standard InChI is InChI=1S/C22H24FN3O2/c23-18-9-3-6-16(14-18)15-25-12-5-13-26(22(25)28)20-11-2-1-10-19(20)24-21(27)17-7-4-8-17/h1-3,6,9-11,14,17H,4-5,7-8,12-13,15H2,(H,24,27). The van der Waals surface area contributed by atoms with Crippen molar-refractivity contribution in [3.63, 3.8) is 0 Å². The molecular weight excluding hydrogens is 357 g/mol. The summed E-state index contributed by atoms with van der Waals surface area (Å²) in [5, 5.41) is 3.00. The van der Waals surface area contributed by atoms with Crippen LogP contribution in [0, 0.1) is 11.7 Å². The summed E-state index contributed by atoms with van der Waals surface area (Å²) in [6.45, 7) is 1.58. The van der Waals surface area contributed by atoms with Crippen molar-refractivity contribution in [1.82, 2.24) is 4.90 Å². The molecule has 0 aromatic heterocycles. The number of halogens is 1. The van der Waals surface area contributed by atoms with Crippen LogP contribution in [-0.4, -0.2) is 29.9 Å². The first-order valence-electron chi connectivity index (χ1n) is 9.82. The first kappa shape index (κ1) is 18.5. The third kappa shape index (κ3) is 3.86. The molecule has 5 nitrogen and oxygen atoms in total. The topological polar surface area (TPSA) is 52.7 Å². The highest BCUT2D eigenvalue weighted by Gasteiger charge is 2.30. The van der Waals surface area contributed by atoms with Crippen LogP contribution in [0.2, 0.25) is 0 Å². The van der Waals surface area contributed by atoms with Crippen LogP contribution in [0.1, 0.15) is 31.2 Å². The van der Waals surface area contributed by atoms with E-state index in [1.54, 1.807) is 15.9 Å². The van der Waals surface area contributed by atoms with Crippen molar-refractivity contribution in [1.29, 1.82) is 0 Å². The van der Waals surface area contributed by atoms with E-state index in [2.05, 4.69) is 5.32 Å². The second-order valence-corrected chi connectivity index (χ2v) is 7.47. The zero-order valence-corrected chi connectivity index (χ0v) is 15.7. The Morgan fingerprint density at radius 2 is 1.89 bits per heavy atom. The highest BCUT2D eigenvalue weighted by Crippen LogP contribution is 2.32. The van der Waals surface area contributed by atoms with Crippen LogP contribution in [0.15, 0.2) is 48.5 Å². The summed E-state index contributed by atoms with van der Waals surface area (Å²) in [6, 6.07) is 13.6. The van der Waals surface area contributed by atoms with Crippen LogP contribution in [0.4, 0.5) is 20.6 Å². The van der Waals surface area contributed by atoms with Gasteiger partial charge in [-0.2, -0.15) is 0 Å². The Morgan fingerprint density at radius 3 is 2.64 bits per heavy atom. The number of hydrogen-bond donors (Lipinski definition) is 1. The van der Waals surface area contributed by atoms with Gasteiger partial charge in [-0.15, -0.1) is 0 Å². The van der Waals surface area contributed by atoms with Gasteiger partial charge in [0.2, 0.25) is 5.91 Å². The normalized spacial score (nSPS) is 17.4. The molecule has 1 aliphatic heterocycles. The van der Waals surface area contributed by atoms with Crippen molar-refractivity contribution in [2.45, 2.75) is 32.2 Å². The molecule has 0 atom stereocenters. The van der Waals surface area contributed by atoms with E-state index in [0.717, 1.165) is 31.2 Å². The quantitative estimate of drug-likeness (QED) is 0.835. The van der Waals surface area contributed by atoms with Crippen LogP contribution in [0.5, 0.6) is 0 Å². The van der Waals surface area contributed by atoms with Crippen LogP contribution in [-0.2, 0) is 11.3 Å². The molecule has 0 radical (unpaired) electrons. The molecule has 4 rings (SSSR count). The van der Waals surface area contributed by atoms with Gasteiger partial charge in [0.25, 0.3) is 0 Å². The molecule has 1 saturated carbocycles. The van der Waals surface area contributed by atoms with Crippen molar-refractivity contribution >= 4 is 23.3 Å². The van der Waals surface area contributed by atoms with Gasteiger partial charge in [0.1, 0.15) is 5.82 Å². The predicted molar refractivity (Wildman–Crippen MR) is 107 cm³/mol. The second-order valence-electron chi connectivity index (χ2n) is 7.47. The minimum absolute atomic E-state index is 0.0276. The van der Waals surface area contributed by atoms with Crippen molar-refractivity contribution in [2.24, 2.45) is 5.92 Å². The van der Waals surface area contributed by atoms with E-state index in [0.29, 0.717) is 31.0 Å². The number of benzene rings is 2. The number of urea groups is 1. The first-order chi connectivity index (χ1) is 13.6. The van der Waals surface area contributed by atoms with E-state index in [9.17, 15) is 14.0 Å². The lowest BCUT2D eigenvalue weighted by molar-refractivity contribution is -0.122. The maximum atomic E-state index is 13.5. The summed E-state index contributed by atoms with van der Waals surface area (Å²) in [6.07, 6.45) is 3.77. The molecule has 146 valence electrons. The van der Waals surface area contributed by atoms with Gasteiger partial charge >= 0.3 is 6.03 Å². The minimum Gasteiger partial charge on any atom is -0.324 e. The number of carbonyl (C=O) groups is 2. The van der Waals surface area contributed by atoms with Gasteiger partial charge in [0.15, 0.2) is 0 Å². The summed E-state index contributed by atoms with van der Waals surface area (Å²) in [5.74, 6) is -0.197. The molecule has 0 bridgehead atoms. The summed E-state index contributed by atoms with van der Waals surface area (Å²) < 4.78 is 13.5. The third-order valence-electron chi connectivity index (χ3n) is 5.50. The number of para-hydroxylation sites is 2. The number of rotatable bonds is 5. The van der Waals surface area contributed by atoms with E-state index in [1.165, 1.54) is 12.1 Å². The van der Waals surface area contributed by atoms with Crippen molar-refractivity contribution in [2.75, 3.05) is 23.3 Å². The summed E-state index contributed by atoms with van der Waals surface area (Å²) in [7, 11) is 0. The summed E-state index contributed by atoms with van der Waals surface area (Å²) in [5.41, 5.74) is 2.14. The maximum Gasteiger partial charge on any atom is 0.324 e. The van der Waals surface area contributed by atoms with Crippen LogP contribution in [0.3, 0.4) is 0 Å². The highest BCUT2D eigenvalue weighted by atomic mass is 19.1. The number of anilines is 2. The summed E-state index contributed by atoms with van der Waals surface area (Å²) >= 11 is 0. The Morgan fingerprint density at radius 1 is 1.07 bits per heavy atom. The Labute approximate surface area is 164 Å². The average Bonchev–Trinajstić information content (AvgIpc) is 2.63. The molecular formula is C22H24FN3O2. The van der Waals surface area contributed by atoms with Gasteiger partial charge in [-0.25, -0.2) is 9.18 Å². The molecule has 0 spiro atoms. The van der Waals surface area contributed by atoms with Crippen molar-refractivity contribution in [3.05, 3.63) is 59.9 Å². The fourth-order valence-corrected chi connectivity index (χ4v) is 3.73. The number of hydrogen-bond acceptors (Lipinski definition) is 2. The Balaban J connectivity index is 1.52. The van der Waals surface area contributed by atoms with Gasteiger partial charge < -0.3 is 10.2 Å². The molecule has 28 heavy (non-hydrogen) atoms. The lowest BCUT2D eigenvalue weighted by Gasteiger charge is -2.36. The number of nitrogens with zero attached hydrogens (tertiary/aromatic N) is 2. The average molecular weight is 381 g/mol. The van der Waals surface area contributed by atoms with E-state index in [-0.39, 0.29) is 23.7 Å². The van der Waals surface area contributed by atoms with Gasteiger partial charge in [-0.1, -0.05) is 30.7 Å². The third-order valence-corrected chi connectivity index (χ3v) is 5.50. The second kappa shape index (κ2) is 8.00. The van der Waals surface area contributed by atoms with Crippen molar-refractivity contribution in [3.8, 4) is 0 Å². The molecule has 2 fully saturated rings. The Kier molecular flexibility index (Phi) is 5.28. The Hall–Kier alpha value is -2.89. The molecule has 6 heteroatoms. The first-order valence-corrected chi connectivity index (χ1v) is 9.82. The number of nitrogens with one attached hydrogen (secondary N) is 1. The molecule has 0 unspecified atom stereocenters. The predicted octanol–water partition coefficient (Wildman–Crippen LogP) is 4.40. The molecule has 2 aromatic carbocycles. The van der Waals surface area contributed by atoms with Gasteiger partial charge in [0, 0.05) is 25.6 Å². The fraction of sp³-hybridized carbons (Fsp3) is 0.364. The molecule has 3 amide bonds. The highest BCUT2D eigenvalue weighted by molar-refractivity contribution is 6.01. The minimum atomic E-state index is -0.303. The zero-order chi connectivity index (χ0) is 19.5. The molecule has 1 heterocycles. The zero-order valence-electron chi connectivity index (χ0n) is 15.7. The molecule has 2 aliphatic rings. The smallest absolute Gasteiger partial charge is 0.324 e. The van der Waals surface area contributed by atoms with Crippen molar-refractivity contribution < 1.29 is 14.0 Å². The SMILES string of the molecule is O=C(Nc1ccccc1N1CCCN(Cc2cccc(F)c2)C1=O)C1CCC1. The van der Waals surface area contributed by atoms with Crippen LogP contribution >= 0.6 is 0 Å². The molecule has 1 N–H and O–H groups in total. The maximum absolute atomic E-state index is 13.5. The van der Waals surface area contributed by atoms with Gasteiger partial charge in [-0.05, 0) is 49.1 Å². The number of amides is 3. The van der Waals surface area contributed by atoms with Gasteiger partial charge in [0.05, 0.1) is 11.4 Å². The van der Waals surface area contributed by atoms with E-state index in [4.69, 9.17) is 0 Å². The van der Waals surface area contributed by atoms with E-state index < -0.39 is 0 Å². The fourth-order valence-electron chi connectivity index (χ4n) is 3.73. The number of carbonyl (C=O) groups excluding carboxylic acids is 2. The monoisotopic (exact) mass is 381 g/mol. The Bertz CT molecular complexity index is 882. The summed E-state index contributed by atoms with van der Waals surface area (Å²) in [4.78, 5) is 28.9. The van der Waals surface area contributed by atoms with E-state index >= 15 is 0 Å².